The Hall–Kier alpha value is -1.30. The molecular formula is C12H24N2O4. The van der Waals surface area contributed by atoms with E-state index in [1.807, 2.05) is 6.92 Å². The smallest absolute Gasteiger partial charge is 0.326 e. The molecule has 2 atom stereocenters. The van der Waals surface area contributed by atoms with E-state index in [1.54, 1.807) is 27.9 Å². The van der Waals surface area contributed by atoms with Gasteiger partial charge in [-0.05, 0) is 18.8 Å². The zero-order valence-corrected chi connectivity index (χ0v) is 11.7. The Bertz CT molecular complexity index is 286. The first kappa shape index (κ1) is 16.7. The molecule has 106 valence electrons. The van der Waals surface area contributed by atoms with Crippen molar-refractivity contribution >= 4 is 12.0 Å². The molecule has 0 spiro atoms. The number of carboxylic acids is 1. The summed E-state index contributed by atoms with van der Waals surface area (Å²) in [4.78, 5) is 22.7. The molecule has 0 aromatic heterocycles. The molecule has 6 heteroatoms. The fourth-order valence-electron chi connectivity index (χ4n) is 1.41. The summed E-state index contributed by atoms with van der Waals surface area (Å²) in [5, 5.41) is 14.2. The number of nitrogens with one attached hydrogen (secondary N) is 2. The lowest BCUT2D eigenvalue weighted by Crippen LogP contribution is -2.53. The number of aliphatic carboxylic acids is 1. The average molecular weight is 260 g/mol. The zero-order chi connectivity index (χ0) is 14.3. The third-order valence-corrected chi connectivity index (χ3v) is 2.52. The Kier molecular flexibility index (Phi) is 6.68. The highest BCUT2D eigenvalue weighted by molar-refractivity contribution is 5.83. The van der Waals surface area contributed by atoms with Crippen LogP contribution in [0.15, 0.2) is 0 Å². The predicted molar refractivity (Wildman–Crippen MR) is 68.5 cm³/mol. The Morgan fingerprint density at radius 3 is 2.22 bits per heavy atom. The summed E-state index contributed by atoms with van der Waals surface area (Å²) in [5.41, 5.74) is -0.543. The molecule has 0 rings (SSSR count). The van der Waals surface area contributed by atoms with Gasteiger partial charge in [-0.15, -0.1) is 0 Å². The molecule has 0 bridgehead atoms. The highest BCUT2D eigenvalue weighted by atomic mass is 16.5. The normalized spacial score (nSPS) is 14.7. The molecule has 6 nitrogen and oxygen atoms in total. The summed E-state index contributed by atoms with van der Waals surface area (Å²) in [7, 11) is 1.59. The molecule has 0 radical (unpaired) electrons. The van der Waals surface area contributed by atoms with Crippen LogP contribution in [0.3, 0.4) is 0 Å². The molecule has 0 aliphatic rings. The predicted octanol–water partition coefficient (Wildman–Crippen LogP) is 1.21. The van der Waals surface area contributed by atoms with Crippen molar-refractivity contribution in [2.24, 2.45) is 5.41 Å². The Labute approximate surface area is 108 Å². The first-order valence-corrected chi connectivity index (χ1v) is 5.97. The fourth-order valence-corrected chi connectivity index (χ4v) is 1.41. The second kappa shape index (κ2) is 7.20. The van der Waals surface area contributed by atoms with Gasteiger partial charge < -0.3 is 20.5 Å². The van der Waals surface area contributed by atoms with Crippen LogP contribution in [0.2, 0.25) is 0 Å². The number of amides is 2. The van der Waals surface area contributed by atoms with E-state index < -0.39 is 23.5 Å². The van der Waals surface area contributed by atoms with Crippen molar-refractivity contribution in [2.45, 2.75) is 46.2 Å². The topological polar surface area (TPSA) is 87.7 Å². The quantitative estimate of drug-likeness (QED) is 0.670. The van der Waals surface area contributed by atoms with Gasteiger partial charge in [0.15, 0.2) is 0 Å². The van der Waals surface area contributed by atoms with Crippen LogP contribution in [0.4, 0.5) is 4.79 Å². The minimum Gasteiger partial charge on any atom is -0.480 e. The monoisotopic (exact) mass is 260 g/mol. The van der Waals surface area contributed by atoms with Crippen LogP contribution in [0.1, 0.15) is 34.1 Å². The van der Waals surface area contributed by atoms with Crippen molar-refractivity contribution in [2.75, 3.05) is 13.7 Å². The third-order valence-electron chi connectivity index (χ3n) is 2.52. The average Bonchev–Trinajstić information content (AvgIpc) is 2.21. The highest BCUT2D eigenvalue weighted by Crippen LogP contribution is 2.19. The second-order valence-electron chi connectivity index (χ2n) is 5.44. The van der Waals surface area contributed by atoms with E-state index in [1.165, 1.54) is 0 Å². The number of carboxylic acid groups (broad SMARTS) is 1. The largest absolute Gasteiger partial charge is 0.480 e. The summed E-state index contributed by atoms with van der Waals surface area (Å²) in [5.74, 6) is -1.04. The first-order valence-electron chi connectivity index (χ1n) is 5.97. The molecule has 2 amide bonds. The van der Waals surface area contributed by atoms with Crippen LogP contribution < -0.4 is 10.6 Å². The van der Waals surface area contributed by atoms with Gasteiger partial charge in [0.1, 0.15) is 6.04 Å². The molecule has 0 aromatic carbocycles. The van der Waals surface area contributed by atoms with E-state index in [2.05, 4.69) is 10.6 Å². The number of rotatable bonds is 6. The lowest BCUT2D eigenvalue weighted by molar-refractivity contribution is -0.141. The minimum absolute atomic E-state index is 0.0700. The van der Waals surface area contributed by atoms with Crippen LogP contribution >= 0.6 is 0 Å². The van der Waals surface area contributed by atoms with E-state index in [9.17, 15) is 9.59 Å². The van der Waals surface area contributed by atoms with Crippen LogP contribution in [-0.2, 0) is 9.53 Å². The summed E-state index contributed by atoms with van der Waals surface area (Å²) in [6.07, 6.45) is 0.678. The van der Waals surface area contributed by atoms with E-state index >= 15 is 0 Å². The highest BCUT2D eigenvalue weighted by Gasteiger charge is 2.32. The number of hydrogen-bond acceptors (Lipinski definition) is 3. The first-order chi connectivity index (χ1) is 8.18. The molecule has 0 fully saturated rings. The van der Waals surface area contributed by atoms with Gasteiger partial charge in [-0.3, -0.25) is 0 Å². The van der Waals surface area contributed by atoms with E-state index in [4.69, 9.17) is 9.84 Å². The van der Waals surface area contributed by atoms with E-state index in [0.717, 1.165) is 0 Å². The van der Waals surface area contributed by atoms with Gasteiger partial charge in [0.05, 0.1) is 0 Å². The summed E-state index contributed by atoms with van der Waals surface area (Å²) in [6, 6.07) is -1.47. The standard InChI is InChI=1S/C12H24N2O4/c1-8(6-7-18-5)13-11(17)14-9(10(15)16)12(2,3)4/h8-9H,6-7H2,1-5H3,(H,15,16)(H2,13,14,17). The van der Waals surface area contributed by atoms with Gasteiger partial charge in [-0.1, -0.05) is 20.8 Å². The van der Waals surface area contributed by atoms with Gasteiger partial charge in [0, 0.05) is 19.8 Å². The number of hydrogen-bond donors (Lipinski definition) is 3. The van der Waals surface area contributed by atoms with Crippen LogP contribution in [0, 0.1) is 5.41 Å². The summed E-state index contributed by atoms with van der Waals surface area (Å²) >= 11 is 0. The third kappa shape index (κ3) is 6.44. The lowest BCUT2D eigenvalue weighted by Gasteiger charge is -2.28. The number of carbonyl (C=O) groups is 2. The second-order valence-corrected chi connectivity index (χ2v) is 5.44. The van der Waals surface area contributed by atoms with Crippen molar-refractivity contribution in [3.63, 3.8) is 0 Å². The van der Waals surface area contributed by atoms with Crippen LogP contribution in [-0.4, -0.2) is 42.9 Å². The van der Waals surface area contributed by atoms with Crippen molar-refractivity contribution in [3.05, 3.63) is 0 Å². The number of carbonyl (C=O) groups excluding carboxylic acids is 1. The molecule has 0 aromatic rings. The van der Waals surface area contributed by atoms with Gasteiger partial charge >= 0.3 is 12.0 Å². The van der Waals surface area contributed by atoms with Crippen molar-refractivity contribution in [1.82, 2.24) is 10.6 Å². The zero-order valence-electron chi connectivity index (χ0n) is 11.7. The molecule has 0 saturated carbocycles. The summed E-state index contributed by atoms with van der Waals surface area (Å²) in [6.45, 7) is 7.68. The molecule has 3 N–H and O–H groups in total. The Morgan fingerprint density at radius 2 is 1.83 bits per heavy atom. The maximum atomic E-state index is 11.7. The minimum atomic E-state index is -1.04. The number of ether oxygens (including phenoxy) is 1. The Balaban J connectivity index is 4.31. The number of methoxy groups -OCH3 is 1. The number of urea groups is 1. The van der Waals surface area contributed by atoms with Gasteiger partial charge in [-0.25, -0.2) is 9.59 Å². The van der Waals surface area contributed by atoms with Crippen LogP contribution in [0.25, 0.3) is 0 Å². The van der Waals surface area contributed by atoms with Gasteiger partial charge in [0.2, 0.25) is 0 Å². The lowest BCUT2D eigenvalue weighted by atomic mass is 9.87. The van der Waals surface area contributed by atoms with Crippen molar-refractivity contribution in [1.29, 1.82) is 0 Å². The molecule has 2 unspecified atom stereocenters. The maximum Gasteiger partial charge on any atom is 0.326 e. The maximum absolute atomic E-state index is 11.7. The molecule has 18 heavy (non-hydrogen) atoms. The molecular weight excluding hydrogens is 236 g/mol. The Morgan fingerprint density at radius 1 is 1.28 bits per heavy atom. The molecule has 0 saturated heterocycles. The van der Waals surface area contributed by atoms with E-state index in [0.29, 0.717) is 13.0 Å². The van der Waals surface area contributed by atoms with Crippen molar-refractivity contribution in [3.8, 4) is 0 Å². The van der Waals surface area contributed by atoms with Crippen molar-refractivity contribution < 1.29 is 19.4 Å². The SMILES string of the molecule is COCCC(C)NC(=O)NC(C(=O)O)C(C)(C)C. The van der Waals surface area contributed by atoms with Gasteiger partial charge in [-0.2, -0.15) is 0 Å². The molecule has 0 heterocycles. The van der Waals surface area contributed by atoms with Crippen LogP contribution in [0.5, 0.6) is 0 Å². The molecule has 0 aliphatic carbocycles. The van der Waals surface area contributed by atoms with E-state index in [-0.39, 0.29) is 6.04 Å². The van der Waals surface area contributed by atoms with Gasteiger partial charge in [0.25, 0.3) is 0 Å². The summed E-state index contributed by atoms with van der Waals surface area (Å²) < 4.78 is 4.90. The molecule has 0 aliphatic heterocycles. The fraction of sp³-hybridized carbons (Fsp3) is 0.833.